The average Bonchev–Trinajstić information content (AvgIpc) is 2.87. The van der Waals surface area contributed by atoms with Crippen LogP contribution in [-0.2, 0) is 0 Å². The van der Waals surface area contributed by atoms with Crippen LogP contribution in [0.4, 0.5) is 0 Å². The molecule has 0 unspecified atom stereocenters. The van der Waals surface area contributed by atoms with Gasteiger partial charge in [0.05, 0.1) is 45.6 Å². The Bertz CT molecular complexity index is 1210. The highest BCUT2D eigenvalue weighted by Gasteiger charge is 2.16. The first-order valence-electron chi connectivity index (χ1n) is 9.91. The summed E-state index contributed by atoms with van der Waals surface area (Å²) in [5.41, 5.74) is 2.23. The summed E-state index contributed by atoms with van der Waals surface area (Å²) in [5.74, 6) is 1.66. The van der Waals surface area contributed by atoms with E-state index in [1.165, 1.54) is 21.3 Å². The molecule has 0 aliphatic carbocycles. The maximum atomic E-state index is 12.7. The summed E-state index contributed by atoms with van der Waals surface area (Å²) in [6.45, 7) is 0. The number of ether oxygens (including phenoxy) is 5. The molecule has 0 heterocycles. The van der Waals surface area contributed by atoms with Crippen molar-refractivity contribution in [1.82, 2.24) is 0 Å². The first kappa shape index (κ1) is 23.2. The van der Waals surface area contributed by atoms with Gasteiger partial charge in [0.15, 0.2) is 23.0 Å². The fourth-order valence-electron chi connectivity index (χ4n) is 3.10. The van der Waals surface area contributed by atoms with Gasteiger partial charge in [-0.25, -0.2) is 4.79 Å². The van der Waals surface area contributed by atoms with Gasteiger partial charge in [-0.3, -0.25) is 0 Å². The minimum absolute atomic E-state index is 0.248. The molecule has 0 N–H and O–H groups in total. The van der Waals surface area contributed by atoms with E-state index in [-0.39, 0.29) is 5.75 Å². The molecule has 0 atom stereocenters. The van der Waals surface area contributed by atoms with Crippen molar-refractivity contribution in [2.45, 2.75) is 0 Å². The van der Waals surface area contributed by atoms with Gasteiger partial charge < -0.3 is 23.7 Å². The highest BCUT2D eigenvalue weighted by molar-refractivity contribution is 5.93. The number of carbonyl (C=O) groups is 1. The molecule has 0 bridgehead atoms. The van der Waals surface area contributed by atoms with E-state index in [2.05, 4.69) is 6.07 Å². The normalized spacial score (nSPS) is 10.7. The van der Waals surface area contributed by atoms with Crippen molar-refractivity contribution in [3.63, 3.8) is 0 Å². The van der Waals surface area contributed by atoms with E-state index in [0.29, 0.717) is 39.7 Å². The standard InChI is InChI=1S/C26H23NO6/c1-29-21-9-6-18(7-10-21)20(16-27)13-17-5-11-23(24(14-17)31-3)33-26(28)19-8-12-22(30-2)25(15-19)32-4/h5-15H,1-4H3/b20-13-. The summed E-state index contributed by atoms with van der Waals surface area (Å²) in [4.78, 5) is 12.7. The smallest absolute Gasteiger partial charge is 0.343 e. The van der Waals surface area contributed by atoms with Crippen LogP contribution in [0.5, 0.6) is 28.7 Å². The molecule has 0 saturated carbocycles. The lowest BCUT2D eigenvalue weighted by Gasteiger charge is -2.12. The molecular weight excluding hydrogens is 422 g/mol. The average molecular weight is 445 g/mol. The second kappa shape index (κ2) is 10.7. The number of allylic oxidation sites excluding steroid dienone is 1. The van der Waals surface area contributed by atoms with E-state index >= 15 is 0 Å². The number of methoxy groups -OCH3 is 4. The van der Waals surface area contributed by atoms with Crippen LogP contribution in [0.15, 0.2) is 60.7 Å². The van der Waals surface area contributed by atoms with Crippen LogP contribution in [-0.4, -0.2) is 34.4 Å². The van der Waals surface area contributed by atoms with Gasteiger partial charge in [0.2, 0.25) is 0 Å². The van der Waals surface area contributed by atoms with Gasteiger partial charge in [0.25, 0.3) is 0 Å². The number of carbonyl (C=O) groups excluding carboxylic acids is 1. The number of nitrogens with zero attached hydrogens (tertiary/aromatic N) is 1. The summed E-state index contributed by atoms with van der Waals surface area (Å²) in [6, 6.07) is 19.2. The summed E-state index contributed by atoms with van der Waals surface area (Å²) >= 11 is 0. The fraction of sp³-hybridized carbons (Fsp3) is 0.154. The molecule has 0 saturated heterocycles. The predicted molar refractivity (Wildman–Crippen MR) is 124 cm³/mol. The second-order valence-corrected chi connectivity index (χ2v) is 6.77. The molecule has 0 radical (unpaired) electrons. The van der Waals surface area contributed by atoms with Gasteiger partial charge in [0.1, 0.15) is 5.75 Å². The third-order valence-corrected chi connectivity index (χ3v) is 4.84. The number of hydrogen-bond donors (Lipinski definition) is 0. The number of esters is 1. The van der Waals surface area contributed by atoms with Crippen molar-refractivity contribution in [3.05, 3.63) is 77.4 Å². The summed E-state index contributed by atoms with van der Waals surface area (Å²) in [5, 5.41) is 9.60. The van der Waals surface area contributed by atoms with E-state index in [4.69, 9.17) is 23.7 Å². The summed E-state index contributed by atoms with van der Waals surface area (Å²) in [6.07, 6.45) is 1.73. The zero-order chi connectivity index (χ0) is 23.8. The Morgan fingerprint density at radius 3 is 1.94 bits per heavy atom. The summed E-state index contributed by atoms with van der Waals surface area (Å²) < 4.78 is 26.5. The van der Waals surface area contributed by atoms with Crippen LogP contribution in [0.25, 0.3) is 11.6 Å². The molecular formula is C26H23NO6. The van der Waals surface area contributed by atoms with Crippen LogP contribution in [0, 0.1) is 11.3 Å². The Hall–Kier alpha value is -4.44. The first-order chi connectivity index (χ1) is 16.0. The fourth-order valence-corrected chi connectivity index (χ4v) is 3.10. The van der Waals surface area contributed by atoms with Crippen LogP contribution in [0.2, 0.25) is 0 Å². The first-order valence-corrected chi connectivity index (χ1v) is 9.91. The monoisotopic (exact) mass is 445 g/mol. The Balaban J connectivity index is 1.85. The molecule has 7 heteroatoms. The molecule has 0 aliphatic rings. The molecule has 3 rings (SSSR count). The van der Waals surface area contributed by atoms with Gasteiger partial charge in [-0.1, -0.05) is 6.07 Å². The lowest BCUT2D eigenvalue weighted by atomic mass is 10.0. The topological polar surface area (TPSA) is 87.0 Å². The molecule has 168 valence electrons. The third-order valence-electron chi connectivity index (χ3n) is 4.84. The molecule has 0 aromatic heterocycles. The van der Waals surface area contributed by atoms with Crippen LogP contribution < -0.4 is 23.7 Å². The molecule has 3 aromatic carbocycles. The Kier molecular flexibility index (Phi) is 7.55. The number of nitriles is 1. The highest BCUT2D eigenvalue weighted by Crippen LogP contribution is 2.32. The molecule has 0 spiro atoms. The van der Waals surface area contributed by atoms with E-state index in [1.807, 2.05) is 12.1 Å². The molecule has 0 fully saturated rings. The third kappa shape index (κ3) is 5.43. The molecule has 0 amide bonds. The summed E-state index contributed by atoms with van der Waals surface area (Å²) in [7, 11) is 6.07. The van der Waals surface area contributed by atoms with Gasteiger partial charge in [-0.2, -0.15) is 5.26 Å². The Labute approximate surface area is 192 Å². The van der Waals surface area contributed by atoms with Crippen LogP contribution >= 0.6 is 0 Å². The van der Waals surface area contributed by atoms with Crippen LogP contribution in [0.3, 0.4) is 0 Å². The Morgan fingerprint density at radius 2 is 1.33 bits per heavy atom. The van der Waals surface area contributed by atoms with Crippen molar-refractivity contribution in [2.24, 2.45) is 0 Å². The maximum absolute atomic E-state index is 12.7. The molecule has 7 nitrogen and oxygen atoms in total. The van der Waals surface area contributed by atoms with Gasteiger partial charge in [0, 0.05) is 0 Å². The minimum Gasteiger partial charge on any atom is -0.497 e. The van der Waals surface area contributed by atoms with Crippen molar-refractivity contribution in [1.29, 1.82) is 5.26 Å². The number of rotatable bonds is 8. The van der Waals surface area contributed by atoms with Crippen molar-refractivity contribution < 1.29 is 28.5 Å². The van der Waals surface area contributed by atoms with Crippen molar-refractivity contribution in [2.75, 3.05) is 28.4 Å². The second-order valence-electron chi connectivity index (χ2n) is 6.77. The van der Waals surface area contributed by atoms with Gasteiger partial charge in [-0.05, 0) is 71.8 Å². The molecule has 3 aromatic rings. The predicted octanol–water partition coefficient (Wildman–Crippen LogP) is 5.00. The maximum Gasteiger partial charge on any atom is 0.343 e. The van der Waals surface area contributed by atoms with Gasteiger partial charge in [-0.15, -0.1) is 0 Å². The largest absolute Gasteiger partial charge is 0.497 e. The molecule has 33 heavy (non-hydrogen) atoms. The van der Waals surface area contributed by atoms with E-state index in [9.17, 15) is 10.1 Å². The SMILES string of the molecule is COc1ccc(/C(C#N)=C\c2ccc(OC(=O)c3ccc(OC)c(OC)c3)c(OC)c2)cc1. The quantitative estimate of drug-likeness (QED) is 0.209. The van der Waals surface area contributed by atoms with Crippen molar-refractivity contribution >= 4 is 17.6 Å². The highest BCUT2D eigenvalue weighted by atomic mass is 16.6. The van der Waals surface area contributed by atoms with Gasteiger partial charge >= 0.3 is 5.97 Å². The van der Waals surface area contributed by atoms with Crippen LogP contribution in [0.1, 0.15) is 21.5 Å². The lowest BCUT2D eigenvalue weighted by molar-refractivity contribution is 0.0729. The van der Waals surface area contributed by atoms with E-state index < -0.39 is 5.97 Å². The number of benzene rings is 3. The lowest BCUT2D eigenvalue weighted by Crippen LogP contribution is -2.09. The Morgan fingerprint density at radius 1 is 0.727 bits per heavy atom. The van der Waals surface area contributed by atoms with E-state index in [0.717, 1.165) is 5.56 Å². The zero-order valence-electron chi connectivity index (χ0n) is 18.7. The zero-order valence-corrected chi connectivity index (χ0v) is 18.7. The minimum atomic E-state index is -0.575. The van der Waals surface area contributed by atoms with Crippen molar-refractivity contribution in [3.8, 4) is 34.8 Å². The van der Waals surface area contributed by atoms with E-state index in [1.54, 1.807) is 61.7 Å². The molecule has 0 aliphatic heterocycles. The number of hydrogen-bond acceptors (Lipinski definition) is 7.